The number of halogens is 3. The van der Waals surface area contributed by atoms with Crippen LogP contribution in [0.5, 0.6) is 0 Å². The van der Waals surface area contributed by atoms with Crippen molar-refractivity contribution >= 4 is 11.9 Å². The highest BCUT2D eigenvalue weighted by atomic mass is 19.4. The maximum Gasteiger partial charge on any atom is 0.416 e. The first kappa shape index (κ1) is 32.9. The second-order valence-corrected chi connectivity index (χ2v) is 13.1. The molecule has 5 rings (SSSR count). The molecule has 0 radical (unpaired) electrons. The summed E-state index contributed by atoms with van der Waals surface area (Å²) in [6.45, 7) is 6.89. The molecule has 1 fully saturated rings. The fourth-order valence-corrected chi connectivity index (χ4v) is 6.73. The number of ether oxygens (including phenoxy) is 2. The van der Waals surface area contributed by atoms with Crippen LogP contribution in [0.3, 0.4) is 0 Å². The van der Waals surface area contributed by atoms with E-state index in [1.165, 1.54) is 19.2 Å². The van der Waals surface area contributed by atoms with Crippen LogP contribution in [-0.4, -0.2) is 53.7 Å². The van der Waals surface area contributed by atoms with Crippen LogP contribution >= 0.6 is 0 Å². The molecule has 2 aliphatic carbocycles. The highest BCUT2D eigenvalue weighted by molar-refractivity contribution is 6.11. The van der Waals surface area contributed by atoms with Gasteiger partial charge in [0.1, 0.15) is 6.61 Å². The summed E-state index contributed by atoms with van der Waals surface area (Å²) in [4.78, 5) is 33.8. The lowest BCUT2D eigenvalue weighted by atomic mass is 9.70. The van der Waals surface area contributed by atoms with Crippen LogP contribution < -0.4 is 0 Å². The Balaban J connectivity index is 1.52. The van der Waals surface area contributed by atoms with Crippen molar-refractivity contribution in [1.82, 2.24) is 9.88 Å². The maximum atomic E-state index is 14.3. The van der Waals surface area contributed by atoms with Crippen molar-refractivity contribution in [1.29, 1.82) is 0 Å². The molecule has 0 saturated carbocycles. The molecule has 1 unspecified atom stereocenters. The number of hydrogen-bond acceptors (Lipinski definition) is 6. The number of rotatable bonds is 7. The number of aliphatic hydroxyl groups excluding tert-OH is 1. The van der Waals surface area contributed by atoms with Gasteiger partial charge in [0, 0.05) is 37.0 Å². The summed E-state index contributed by atoms with van der Waals surface area (Å²) in [7, 11) is 1.51. The summed E-state index contributed by atoms with van der Waals surface area (Å²) in [5.41, 5.74) is 2.62. The Hall–Kier alpha value is -3.50. The smallest absolute Gasteiger partial charge is 0.416 e. The van der Waals surface area contributed by atoms with Gasteiger partial charge >= 0.3 is 12.3 Å². The first-order valence-electron chi connectivity index (χ1n) is 15.6. The van der Waals surface area contributed by atoms with Gasteiger partial charge in [0.15, 0.2) is 5.78 Å². The molecule has 7 nitrogen and oxygen atoms in total. The van der Waals surface area contributed by atoms with E-state index in [1.54, 1.807) is 11.8 Å². The van der Waals surface area contributed by atoms with Crippen LogP contribution in [0.1, 0.15) is 115 Å². The van der Waals surface area contributed by atoms with Gasteiger partial charge in [0.2, 0.25) is 0 Å². The Kier molecular flexibility index (Phi) is 9.56. The zero-order valence-electron chi connectivity index (χ0n) is 26.2. The minimum atomic E-state index is -4.54. The molecule has 1 N–H and O–H groups in total. The van der Waals surface area contributed by atoms with E-state index in [-0.39, 0.29) is 29.1 Å². The molecule has 1 saturated heterocycles. The molecule has 2 atom stereocenters. The van der Waals surface area contributed by atoms with E-state index in [0.29, 0.717) is 61.3 Å². The quantitative estimate of drug-likeness (QED) is 0.318. The third-order valence-corrected chi connectivity index (χ3v) is 9.14. The number of ketones is 1. The zero-order chi connectivity index (χ0) is 32.5. The van der Waals surface area contributed by atoms with E-state index in [1.807, 2.05) is 6.08 Å². The van der Waals surface area contributed by atoms with E-state index in [2.05, 4.69) is 26.0 Å². The first-order chi connectivity index (χ1) is 21.3. The number of carbonyl (C=O) groups excluding carboxylic acids is 2. The summed E-state index contributed by atoms with van der Waals surface area (Å²) in [6, 6.07) is 4.17. The highest BCUT2D eigenvalue weighted by Gasteiger charge is 2.41. The van der Waals surface area contributed by atoms with Crippen molar-refractivity contribution in [2.24, 2.45) is 5.41 Å². The Labute approximate surface area is 262 Å². The number of hydrogen-bond donors (Lipinski definition) is 1. The molecule has 242 valence electrons. The van der Waals surface area contributed by atoms with E-state index in [9.17, 15) is 27.9 Å². The van der Waals surface area contributed by atoms with Gasteiger partial charge < -0.3 is 19.5 Å². The maximum absolute atomic E-state index is 14.3. The minimum Gasteiger partial charge on any atom is -0.445 e. The lowest BCUT2D eigenvalue weighted by Crippen LogP contribution is -2.39. The fraction of sp³-hybridized carbons (Fsp3) is 0.514. The first-order valence-corrected chi connectivity index (χ1v) is 15.6. The summed E-state index contributed by atoms with van der Waals surface area (Å²) in [5.74, 6) is -0.678. The molecule has 2 aromatic rings. The van der Waals surface area contributed by atoms with E-state index < -0.39 is 35.8 Å². The number of nitrogens with zero attached hydrogens (tertiary/aromatic N) is 2. The number of aromatic nitrogens is 1. The molecule has 1 amide bonds. The van der Waals surface area contributed by atoms with Gasteiger partial charge in [0.05, 0.1) is 29.0 Å². The number of amides is 1. The van der Waals surface area contributed by atoms with Crippen molar-refractivity contribution < 1.29 is 37.3 Å². The third kappa shape index (κ3) is 7.17. The SMILES string of the molecule is COC(C)c1nc2c(c(C3CCN(C(=O)OCC4=CCCC=C4)CC3)c1C(=O)c1ccc(C(F)(F)F)cc1)[C@@H](O)CC(C)(C)C2. The van der Waals surface area contributed by atoms with Crippen molar-refractivity contribution in [3.63, 3.8) is 0 Å². The molecule has 1 aromatic carbocycles. The van der Waals surface area contributed by atoms with Crippen LogP contribution in [-0.2, 0) is 22.1 Å². The van der Waals surface area contributed by atoms with Gasteiger partial charge in [0.25, 0.3) is 0 Å². The second-order valence-electron chi connectivity index (χ2n) is 13.1. The number of carbonyl (C=O) groups is 2. The van der Waals surface area contributed by atoms with Crippen LogP contribution in [0, 0.1) is 5.41 Å². The van der Waals surface area contributed by atoms with Gasteiger partial charge in [-0.2, -0.15) is 13.2 Å². The number of alkyl halides is 3. The summed E-state index contributed by atoms with van der Waals surface area (Å²) < 4.78 is 51.2. The molecule has 2 heterocycles. The van der Waals surface area contributed by atoms with Crippen molar-refractivity contribution in [3.8, 4) is 0 Å². The van der Waals surface area contributed by atoms with Crippen molar-refractivity contribution in [3.05, 3.63) is 87.3 Å². The lowest BCUT2D eigenvalue weighted by molar-refractivity contribution is -0.137. The number of piperidine rings is 1. The van der Waals surface area contributed by atoms with Gasteiger partial charge in [-0.25, -0.2) is 4.79 Å². The molecule has 3 aliphatic rings. The van der Waals surface area contributed by atoms with Gasteiger partial charge in [-0.1, -0.05) is 44.2 Å². The van der Waals surface area contributed by atoms with E-state index in [4.69, 9.17) is 14.5 Å². The van der Waals surface area contributed by atoms with Crippen LogP contribution in [0.2, 0.25) is 0 Å². The van der Waals surface area contributed by atoms with E-state index in [0.717, 1.165) is 30.5 Å². The number of aliphatic hydroxyl groups is 1. The molecular weight excluding hydrogens is 585 g/mol. The average Bonchev–Trinajstić information content (AvgIpc) is 3.01. The van der Waals surface area contributed by atoms with E-state index >= 15 is 0 Å². The van der Waals surface area contributed by atoms with Crippen LogP contribution in [0.15, 0.2) is 48.1 Å². The molecular formula is C35H41F3N2O5. The number of pyridine rings is 1. The van der Waals surface area contributed by atoms with Crippen LogP contribution in [0.25, 0.3) is 0 Å². The molecule has 1 aromatic heterocycles. The number of allylic oxidation sites excluding steroid dienone is 2. The fourth-order valence-electron chi connectivity index (χ4n) is 6.73. The zero-order valence-corrected chi connectivity index (χ0v) is 26.2. The number of likely N-dealkylation sites (tertiary alicyclic amines) is 1. The Morgan fingerprint density at radius 1 is 1.11 bits per heavy atom. The lowest BCUT2D eigenvalue weighted by Gasteiger charge is -2.40. The molecule has 0 spiro atoms. The minimum absolute atomic E-state index is 0.0910. The number of benzene rings is 1. The monoisotopic (exact) mass is 626 g/mol. The Morgan fingerprint density at radius 3 is 2.40 bits per heavy atom. The predicted molar refractivity (Wildman–Crippen MR) is 163 cm³/mol. The third-order valence-electron chi connectivity index (χ3n) is 9.14. The van der Waals surface area contributed by atoms with Gasteiger partial charge in [-0.3, -0.25) is 9.78 Å². The molecule has 45 heavy (non-hydrogen) atoms. The average molecular weight is 627 g/mol. The Morgan fingerprint density at radius 2 is 1.80 bits per heavy atom. The molecule has 0 bridgehead atoms. The predicted octanol–water partition coefficient (Wildman–Crippen LogP) is 7.64. The van der Waals surface area contributed by atoms with Gasteiger partial charge in [-0.05, 0) is 80.1 Å². The Bertz CT molecular complexity index is 1490. The number of methoxy groups -OCH3 is 1. The molecule has 1 aliphatic heterocycles. The summed E-state index contributed by atoms with van der Waals surface area (Å²) in [5, 5.41) is 11.5. The molecule has 10 heteroatoms. The largest absolute Gasteiger partial charge is 0.445 e. The normalized spacial score (nSPS) is 20.8. The summed E-state index contributed by atoms with van der Waals surface area (Å²) >= 11 is 0. The van der Waals surface area contributed by atoms with Crippen molar-refractivity contribution in [2.75, 3.05) is 26.8 Å². The standard InChI is InChI=1S/C35H41F3N2O5/c1-21(44-4)31-30(32(42)24-10-12-25(13-11-24)35(36,37)38)28(29-26(39-31)18-34(2,3)19-27(29)41)23-14-16-40(17-15-23)33(43)45-20-22-8-6-5-7-9-22/h6,8-13,21,23,27,41H,5,7,14-20H2,1-4H3/t21?,27-/m0/s1. The van der Waals surface area contributed by atoms with Crippen molar-refractivity contribution in [2.45, 2.75) is 83.6 Å². The number of fused-ring (bicyclic) bond motifs is 1. The second kappa shape index (κ2) is 13.1. The highest BCUT2D eigenvalue weighted by Crippen LogP contribution is 2.47. The van der Waals surface area contributed by atoms with Gasteiger partial charge in [-0.15, -0.1) is 0 Å². The topological polar surface area (TPSA) is 89.0 Å². The summed E-state index contributed by atoms with van der Waals surface area (Å²) in [6.07, 6.45) is 3.65. The van der Waals surface area contributed by atoms with Crippen LogP contribution in [0.4, 0.5) is 18.0 Å².